The number of nitrogens with one attached hydrogen (secondary N) is 1. The first-order valence-corrected chi connectivity index (χ1v) is 5.34. The standard InChI is InChI=1S/C12H17NO4/c1-8(2)7-17-13-12(15)9-5-4-6-10(16-3)11(9)14/h4-6,8,14H,7H2,1-3H3,(H,13,15). The van der Waals surface area contributed by atoms with Crippen LogP contribution in [0.1, 0.15) is 24.2 Å². The average molecular weight is 239 g/mol. The second-order valence-electron chi connectivity index (χ2n) is 3.99. The van der Waals surface area contributed by atoms with E-state index in [1.165, 1.54) is 13.2 Å². The van der Waals surface area contributed by atoms with Gasteiger partial charge in [0.25, 0.3) is 5.91 Å². The fourth-order valence-electron chi connectivity index (χ4n) is 1.20. The van der Waals surface area contributed by atoms with E-state index in [1.807, 2.05) is 13.8 Å². The molecule has 0 fully saturated rings. The predicted molar refractivity (Wildman–Crippen MR) is 62.9 cm³/mol. The van der Waals surface area contributed by atoms with Crippen molar-refractivity contribution in [1.29, 1.82) is 0 Å². The quantitative estimate of drug-likeness (QED) is 0.768. The van der Waals surface area contributed by atoms with Gasteiger partial charge in [0.1, 0.15) is 0 Å². The molecule has 0 aliphatic rings. The lowest BCUT2D eigenvalue weighted by atomic mass is 10.2. The van der Waals surface area contributed by atoms with Gasteiger partial charge in [-0.1, -0.05) is 19.9 Å². The van der Waals surface area contributed by atoms with Crippen molar-refractivity contribution in [2.75, 3.05) is 13.7 Å². The molecule has 1 amide bonds. The predicted octanol–water partition coefficient (Wildman–Crippen LogP) is 1.72. The third kappa shape index (κ3) is 3.64. The molecule has 0 heterocycles. The van der Waals surface area contributed by atoms with Gasteiger partial charge >= 0.3 is 0 Å². The highest BCUT2D eigenvalue weighted by molar-refractivity contribution is 5.96. The highest BCUT2D eigenvalue weighted by Crippen LogP contribution is 2.29. The molecule has 17 heavy (non-hydrogen) atoms. The Kier molecular flexibility index (Phi) is 4.78. The fraction of sp³-hybridized carbons (Fsp3) is 0.417. The van der Waals surface area contributed by atoms with E-state index in [0.717, 1.165) is 0 Å². The molecule has 0 saturated heterocycles. The number of para-hydroxylation sites is 1. The van der Waals surface area contributed by atoms with Crippen molar-refractivity contribution in [2.24, 2.45) is 5.92 Å². The number of methoxy groups -OCH3 is 1. The van der Waals surface area contributed by atoms with Crippen molar-refractivity contribution in [1.82, 2.24) is 5.48 Å². The first-order chi connectivity index (χ1) is 8.06. The summed E-state index contributed by atoms with van der Waals surface area (Å²) >= 11 is 0. The Balaban J connectivity index is 2.69. The lowest BCUT2D eigenvalue weighted by molar-refractivity contribution is 0.0206. The Morgan fingerprint density at radius 1 is 1.47 bits per heavy atom. The van der Waals surface area contributed by atoms with Crippen LogP contribution in [0.5, 0.6) is 11.5 Å². The van der Waals surface area contributed by atoms with Gasteiger partial charge in [-0.15, -0.1) is 0 Å². The zero-order valence-corrected chi connectivity index (χ0v) is 10.2. The van der Waals surface area contributed by atoms with Crippen LogP contribution in [0.2, 0.25) is 0 Å². The van der Waals surface area contributed by atoms with Gasteiger partial charge in [0.2, 0.25) is 0 Å². The van der Waals surface area contributed by atoms with Gasteiger partial charge in [0.05, 0.1) is 19.3 Å². The number of hydrogen-bond donors (Lipinski definition) is 2. The monoisotopic (exact) mass is 239 g/mol. The summed E-state index contributed by atoms with van der Waals surface area (Å²) in [6.45, 7) is 4.35. The number of carbonyl (C=O) groups is 1. The van der Waals surface area contributed by atoms with Crippen molar-refractivity contribution in [3.8, 4) is 11.5 Å². The number of phenolic OH excluding ortho intramolecular Hbond substituents is 1. The fourth-order valence-corrected chi connectivity index (χ4v) is 1.20. The van der Waals surface area contributed by atoms with Crippen LogP contribution in [0, 0.1) is 5.92 Å². The van der Waals surface area contributed by atoms with Crippen LogP contribution in [0.4, 0.5) is 0 Å². The van der Waals surface area contributed by atoms with E-state index in [2.05, 4.69) is 5.48 Å². The highest BCUT2D eigenvalue weighted by atomic mass is 16.7. The highest BCUT2D eigenvalue weighted by Gasteiger charge is 2.14. The Morgan fingerprint density at radius 2 is 2.18 bits per heavy atom. The topological polar surface area (TPSA) is 67.8 Å². The van der Waals surface area contributed by atoms with Crippen molar-refractivity contribution in [3.63, 3.8) is 0 Å². The molecule has 0 spiro atoms. The molecule has 1 aromatic carbocycles. The van der Waals surface area contributed by atoms with Gasteiger partial charge in [-0.3, -0.25) is 9.63 Å². The molecular formula is C12H17NO4. The van der Waals surface area contributed by atoms with Gasteiger partial charge in [0, 0.05) is 0 Å². The van der Waals surface area contributed by atoms with E-state index >= 15 is 0 Å². The maximum Gasteiger partial charge on any atom is 0.278 e. The minimum Gasteiger partial charge on any atom is -0.504 e. The number of hydrogen-bond acceptors (Lipinski definition) is 4. The summed E-state index contributed by atoms with van der Waals surface area (Å²) in [7, 11) is 1.42. The summed E-state index contributed by atoms with van der Waals surface area (Å²) in [4.78, 5) is 16.7. The molecule has 0 saturated carbocycles. The van der Waals surface area contributed by atoms with Gasteiger partial charge < -0.3 is 9.84 Å². The lowest BCUT2D eigenvalue weighted by Crippen LogP contribution is -2.25. The second-order valence-corrected chi connectivity index (χ2v) is 3.99. The molecule has 2 N–H and O–H groups in total. The van der Waals surface area contributed by atoms with Crippen molar-refractivity contribution in [3.05, 3.63) is 23.8 Å². The first kappa shape index (κ1) is 13.3. The van der Waals surface area contributed by atoms with Crippen LogP contribution < -0.4 is 10.2 Å². The van der Waals surface area contributed by atoms with Crippen LogP contribution in [0.15, 0.2) is 18.2 Å². The molecule has 94 valence electrons. The number of ether oxygens (including phenoxy) is 1. The van der Waals surface area contributed by atoms with E-state index in [9.17, 15) is 9.90 Å². The number of carbonyl (C=O) groups excluding carboxylic acids is 1. The van der Waals surface area contributed by atoms with Gasteiger partial charge in [0.15, 0.2) is 11.5 Å². The SMILES string of the molecule is COc1cccc(C(=O)NOCC(C)C)c1O. The van der Waals surface area contributed by atoms with Gasteiger partial charge in [-0.25, -0.2) is 5.48 Å². The summed E-state index contributed by atoms with van der Waals surface area (Å²) in [5.41, 5.74) is 2.39. The summed E-state index contributed by atoms with van der Waals surface area (Å²) in [5, 5.41) is 9.73. The van der Waals surface area contributed by atoms with E-state index in [1.54, 1.807) is 12.1 Å². The summed E-state index contributed by atoms with van der Waals surface area (Å²) < 4.78 is 4.91. The van der Waals surface area contributed by atoms with Crippen LogP contribution in [0.25, 0.3) is 0 Å². The minimum atomic E-state index is -0.498. The normalized spacial score (nSPS) is 10.4. The minimum absolute atomic E-state index is 0.119. The third-order valence-electron chi connectivity index (χ3n) is 2.05. The molecule has 5 heteroatoms. The zero-order valence-electron chi connectivity index (χ0n) is 10.2. The average Bonchev–Trinajstić information content (AvgIpc) is 2.28. The number of phenols is 1. The second kappa shape index (κ2) is 6.10. The number of aromatic hydroxyl groups is 1. The molecule has 1 rings (SSSR count). The van der Waals surface area contributed by atoms with Crippen LogP contribution >= 0.6 is 0 Å². The van der Waals surface area contributed by atoms with Gasteiger partial charge in [-0.05, 0) is 18.1 Å². The van der Waals surface area contributed by atoms with Crippen molar-refractivity contribution in [2.45, 2.75) is 13.8 Å². The van der Waals surface area contributed by atoms with Crippen molar-refractivity contribution < 1.29 is 19.5 Å². The maximum atomic E-state index is 11.7. The van der Waals surface area contributed by atoms with Crippen molar-refractivity contribution >= 4 is 5.91 Å². The van der Waals surface area contributed by atoms with Crippen LogP contribution in [-0.2, 0) is 4.84 Å². The third-order valence-corrected chi connectivity index (χ3v) is 2.05. The molecule has 5 nitrogen and oxygen atoms in total. The van der Waals surface area contributed by atoms with Crippen LogP contribution in [0.3, 0.4) is 0 Å². The Bertz CT molecular complexity index is 390. The molecule has 0 aliphatic heterocycles. The molecule has 0 radical (unpaired) electrons. The number of rotatable bonds is 5. The molecule has 0 bridgehead atoms. The molecule has 0 atom stereocenters. The maximum absolute atomic E-state index is 11.7. The summed E-state index contributed by atoms with van der Waals surface area (Å²) in [6, 6.07) is 4.68. The summed E-state index contributed by atoms with van der Waals surface area (Å²) in [6.07, 6.45) is 0. The molecule has 1 aromatic rings. The van der Waals surface area contributed by atoms with Crippen LogP contribution in [-0.4, -0.2) is 24.7 Å². The first-order valence-electron chi connectivity index (χ1n) is 5.34. The number of hydroxylamine groups is 1. The van der Waals surface area contributed by atoms with E-state index in [-0.39, 0.29) is 17.1 Å². The molecule has 0 aliphatic carbocycles. The van der Waals surface area contributed by atoms with E-state index in [4.69, 9.17) is 9.57 Å². The van der Waals surface area contributed by atoms with E-state index in [0.29, 0.717) is 12.5 Å². The summed E-state index contributed by atoms with van der Waals surface area (Å²) in [5.74, 6) is -0.126. The van der Waals surface area contributed by atoms with Gasteiger partial charge in [-0.2, -0.15) is 0 Å². The number of amides is 1. The zero-order chi connectivity index (χ0) is 12.8. The lowest BCUT2D eigenvalue weighted by Gasteiger charge is -2.10. The van der Waals surface area contributed by atoms with E-state index < -0.39 is 5.91 Å². The molecule has 0 unspecified atom stereocenters. The Morgan fingerprint density at radius 3 is 2.76 bits per heavy atom. The smallest absolute Gasteiger partial charge is 0.278 e. The Hall–Kier alpha value is -1.75. The largest absolute Gasteiger partial charge is 0.504 e. The number of benzene rings is 1. The molecular weight excluding hydrogens is 222 g/mol. The molecule has 0 aromatic heterocycles. The Labute approximate surface area is 100 Å².